The Hall–Kier alpha value is -1.76. The zero-order valence-electron chi connectivity index (χ0n) is 13.0. The normalized spacial score (nSPS) is 15.9. The lowest BCUT2D eigenvalue weighted by Gasteiger charge is -2.14. The van der Waals surface area contributed by atoms with Crippen LogP contribution in [0.1, 0.15) is 42.3 Å². The molecule has 0 saturated carbocycles. The fraction of sp³-hybridized carbons (Fsp3) is 0.368. The van der Waals surface area contributed by atoms with Crippen LogP contribution in [0.25, 0.3) is 5.57 Å². The van der Waals surface area contributed by atoms with Crippen LogP contribution in [-0.2, 0) is 19.9 Å². The van der Waals surface area contributed by atoms with Crippen LogP contribution < -0.4 is 0 Å². The molecular formula is C19H25N. The van der Waals surface area contributed by atoms with E-state index in [1.807, 2.05) is 18.2 Å². The molecule has 0 aliphatic heterocycles. The van der Waals surface area contributed by atoms with E-state index in [0.29, 0.717) is 0 Å². The van der Waals surface area contributed by atoms with Crippen LogP contribution in [0.5, 0.6) is 0 Å². The maximum Gasteiger partial charge on any atom is 0.0515 e. The molecule has 0 spiro atoms. The predicted octanol–water partition coefficient (Wildman–Crippen LogP) is 4.91. The van der Waals surface area contributed by atoms with Crippen molar-refractivity contribution in [2.24, 2.45) is 7.05 Å². The lowest BCUT2D eigenvalue weighted by atomic mass is 9.93. The summed E-state index contributed by atoms with van der Waals surface area (Å²) in [5, 5.41) is 0. The van der Waals surface area contributed by atoms with Gasteiger partial charge in [-0.3, -0.25) is 0 Å². The molecule has 1 aromatic rings. The summed E-state index contributed by atoms with van der Waals surface area (Å²) in [7, 11) is 2.20. The molecule has 0 N–H and O–H groups in total. The summed E-state index contributed by atoms with van der Waals surface area (Å²) in [5.41, 5.74) is 8.26. The standard InChI is InChI=1S/C19H25N/c1-6-11-15(7-2)16(8-3)19-14(4)17-12-9-10-13-18(17)20(19)5/h6-8,11H,1-2,9-10,12-13H2,3-5H3/b15-11+,16-8-. The molecule has 1 aromatic heterocycles. The Kier molecular flexibility index (Phi) is 4.49. The molecule has 0 aromatic carbocycles. The number of fused-ring (bicyclic) bond motifs is 1. The van der Waals surface area contributed by atoms with Crippen molar-refractivity contribution in [1.82, 2.24) is 4.57 Å². The smallest absolute Gasteiger partial charge is 0.0515 e. The zero-order chi connectivity index (χ0) is 14.7. The second kappa shape index (κ2) is 6.13. The Morgan fingerprint density at radius 1 is 1.20 bits per heavy atom. The molecule has 1 nitrogen and oxygen atoms in total. The molecule has 0 atom stereocenters. The SMILES string of the molecule is C=C/C=C(C=C)/C(=C/C)c1c(C)c2c(n1C)CCCC2. The molecule has 0 radical (unpaired) electrons. The van der Waals surface area contributed by atoms with Gasteiger partial charge in [-0.1, -0.05) is 37.5 Å². The quantitative estimate of drug-likeness (QED) is 0.683. The highest BCUT2D eigenvalue weighted by atomic mass is 15.0. The lowest BCUT2D eigenvalue weighted by Crippen LogP contribution is -2.06. The molecule has 1 heteroatoms. The van der Waals surface area contributed by atoms with Crippen LogP contribution in [0.2, 0.25) is 0 Å². The minimum absolute atomic E-state index is 1.14. The van der Waals surface area contributed by atoms with E-state index < -0.39 is 0 Å². The van der Waals surface area contributed by atoms with Crippen LogP contribution in [0.15, 0.2) is 43.0 Å². The highest BCUT2D eigenvalue weighted by Crippen LogP contribution is 2.35. The fourth-order valence-electron chi connectivity index (χ4n) is 3.41. The summed E-state index contributed by atoms with van der Waals surface area (Å²) >= 11 is 0. The summed E-state index contributed by atoms with van der Waals surface area (Å²) < 4.78 is 2.39. The van der Waals surface area contributed by atoms with Crippen molar-refractivity contribution < 1.29 is 0 Å². The molecule has 20 heavy (non-hydrogen) atoms. The fourth-order valence-corrected chi connectivity index (χ4v) is 3.41. The van der Waals surface area contributed by atoms with E-state index in [1.165, 1.54) is 48.2 Å². The minimum atomic E-state index is 1.14. The average molecular weight is 267 g/mol. The zero-order valence-corrected chi connectivity index (χ0v) is 13.0. The van der Waals surface area contributed by atoms with E-state index in [0.717, 1.165) is 5.57 Å². The van der Waals surface area contributed by atoms with Gasteiger partial charge in [0.25, 0.3) is 0 Å². The van der Waals surface area contributed by atoms with Gasteiger partial charge in [0.1, 0.15) is 0 Å². The van der Waals surface area contributed by atoms with E-state index in [4.69, 9.17) is 0 Å². The number of allylic oxidation sites excluding steroid dienone is 6. The first-order valence-corrected chi connectivity index (χ1v) is 7.44. The van der Waals surface area contributed by atoms with Gasteiger partial charge in [-0.15, -0.1) is 0 Å². The van der Waals surface area contributed by atoms with Crippen molar-refractivity contribution in [1.29, 1.82) is 0 Å². The van der Waals surface area contributed by atoms with Gasteiger partial charge in [0.15, 0.2) is 0 Å². The van der Waals surface area contributed by atoms with Crippen molar-refractivity contribution in [3.63, 3.8) is 0 Å². The Morgan fingerprint density at radius 3 is 2.45 bits per heavy atom. The molecule has 2 rings (SSSR count). The number of rotatable bonds is 4. The lowest BCUT2D eigenvalue weighted by molar-refractivity contribution is 0.646. The average Bonchev–Trinajstić information content (AvgIpc) is 2.72. The molecule has 1 aliphatic carbocycles. The van der Waals surface area contributed by atoms with Crippen molar-refractivity contribution in [3.05, 3.63) is 65.5 Å². The maximum absolute atomic E-state index is 3.95. The Labute approximate surface area is 123 Å². The van der Waals surface area contributed by atoms with Gasteiger partial charge < -0.3 is 4.57 Å². The number of hydrogen-bond acceptors (Lipinski definition) is 0. The molecule has 106 valence electrons. The number of nitrogens with zero attached hydrogens (tertiary/aromatic N) is 1. The van der Waals surface area contributed by atoms with Crippen LogP contribution in [0.4, 0.5) is 0 Å². The minimum Gasteiger partial charge on any atom is -0.347 e. The Balaban J connectivity index is 2.62. The van der Waals surface area contributed by atoms with Crippen LogP contribution >= 0.6 is 0 Å². The van der Waals surface area contributed by atoms with E-state index in [1.54, 1.807) is 5.56 Å². The maximum atomic E-state index is 3.95. The highest BCUT2D eigenvalue weighted by molar-refractivity contribution is 5.83. The molecule has 1 heterocycles. The summed E-state index contributed by atoms with van der Waals surface area (Å²) in [6.07, 6.45) is 13.0. The van der Waals surface area contributed by atoms with Crippen LogP contribution in [0.3, 0.4) is 0 Å². The summed E-state index contributed by atoms with van der Waals surface area (Å²) in [6.45, 7) is 12.1. The predicted molar refractivity (Wildman–Crippen MR) is 88.9 cm³/mol. The molecule has 0 bridgehead atoms. The third-order valence-electron chi connectivity index (χ3n) is 4.36. The first kappa shape index (κ1) is 14.6. The van der Waals surface area contributed by atoms with E-state index in [9.17, 15) is 0 Å². The number of aromatic nitrogens is 1. The van der Waals surface area contributed by atoms with Crippen molar-refractivity contribution in [2.75, 3.05) is 0 Å². The molecular weight excluding hydrogens is 242 g/mol. The number of hydrogen-bond donors (Lipinski definition) is 0. The van der Waals surface area contributed by atoms with Crippen LogP contribution in [0, 0.1) is 6.92 Å². The second-order valence-corrected chi connectivity index (χ2v) is 5.43. The topological polar surface area (TPSA) is 4.93 Å². The van der Waals surface area contributed by atoms with Gasteiger partial charge in [-0.25, -0.2) is 0 Å². The highest BCUT2D eigenvalue weighted by Gasteiger charge is 2.22. The Morgan fingerprint density at radius 2 is 1.90 bits per heavy atom. The monoisotopic (exact) mass is 267 g/mol. The first-order chi connectivity index (χ1) is 9.65. The van der Waals surface area contributed by atoms with Gasteiger partial charge in [-0.05, 0) is 56.2 Å². The van der Waals surface area contributed by atoms with E-state index in [-0.39, 0.29) is 0 Å². The van der Waals surface area contributed by atoms with Crippen molar-refractivity contribution in [2.45, 2.75) is 39.5 Å². The second-order valence-electron chi connectivity index (χ2n) is 5.43. The Bertz CT molecular complexity index is 564. The molecule has 0 unspecified atom stereocenters. The van der Waals surface area contributed by atoms with Gasteiger partial charge in [-0.2, -0.15) is 0 Å². The largest absolute Gasteiger partial charge is 0.347 e. The third-order valence-corrected chi connectivity index (χ3v) is 4.36. The van der Waals surface area contributed by atoms with E-state index >= 15 is 0 Å². The molecule has 1 aliphatic rings. The van der Waals surface area contributed by atoms with Crippen LogP contribution in [-0.4, -0.2) is 4.57 Å². The van der Waals surface area contributed by atoms with Crippen molar-refractivity contribution in [3.8, 4) is 0 Å². The van der Waals surface area contributed by atoms with Gasteiger partial charge >= 0.3 is 0 Å². The third kappa shape index (κ3) is 2.33. The van der Waals surface area contributed by atoms with Gasteiger partial charge in [0.2, 0.25) is 0 Å². The van der Waals surface area contributed by atoms with Gasteiger partial charge in [0, 0.05) is 18.3 Å². The van der Waals surface area contributed by atoms with Crippen molar-refractivity contribution >= 4 is 5.57 Å². The van der Waals surface area contributed by atoms with E-state index in [2.05, 4.69) is 44.7 Å². The summed E-state index contributed by atoms with van der Waals surface area (Å²) in [4.78, 5) is 0. The molecule has 0 amide bonds. The van der Waals surface area contributed by atoms with Gasteiger partial charge in [0.05, 0.1) is 5.69 Å². The first-order valence-electron chi connectivity index (χ1n) is 7.44. The molecule has 0 saturated heterocycles. The summed E-state index contributed by atoms with van der Waals surface area (Å²) in [5.74, 6) is 0. The molecule has 0 fully saturated rings. The summed E-state index contributed by atoms with van der Waals surface area (Å²) in [6, 6.07) is 0.